The molecule has 0 spiro atoms. The van der Waals surface area contributed by atoms with Gasteiger partial charge in [-0.2, -0.15) is 0 Å². The second-order valence-corrected chi connectivity index (χ2v) is 5.52. The SMILES string of the molecule is CCCCC(C(=O)O)C(=O)N(Nc1ccccc1)c1ccccc1.[Na]. The topological polar surface area (TPSA) is 69.6 Å². The van der Waals surface area contributed by atoms with Gasteiger partial charge in [-0.15, -0.1) is 0 Å². The van der Waals surface area contributed by atoms with E-state index in [1.54, 1.807) is 12.1 Å². The standard InChI is InChI=1S/C19H22N2O3.Na/c1-2-3-14-17(19(23)24)18(22)21(16-12-8-5-9-13-16)20-15-10-6-4-7-11-15;/h4-13,17,20H,2-3,14H2,1H3,(H,23,24);. The molecule has 0 heterocycles. The first kappa shape index (κ1) is 21.2. The number of anilines is 2. The van der Waals surface area contributed by atoms with E-state index in [-0.39, 0.29) is 29.6 Å². The fraction of sp³-hybridized carbons (Fsp3) is 0.263. The number of hydrogen-bond donors (Lipinski definition) is 2. The van der Waals surface area contributed by atoms with E-state index in [4.69, 9.17) is 0 Å². The molecule has 0 fully saturated rings. The van der Waals surface area contributed by atoms with Gasteiger partial charge in [0.25, 0.3) is 5.91 Å². The number of benzene rings is 2. The zero-order chi connectivity index (χ0) is 17.4. The smallest absolute Gasteiger partial charge is 0.316 e. The Morgan fingerprint density at radius 3 is 2.12 bits per heavy atom. The van der Waals surface area contributed by atoms with Crippen LogP contribution < -0.4 is 10.4 Å². The fourth-order valence-corrected chi connectivity index (χ4v) is 2.38. The van der Waals surface area contributed by atoms with Crippen LogP contribution in [0.5, 0.6) is 0 Å². The number of nitrogens with one attached hydrogen (secondary N) is 1. The molecule has 2 rings (SSSR count). The van der Waals surface area contributed by atoms with Crippen LogP contribution >= 0.6 is 0 Å². The Balaban J connectivity index is 0.00000312. The maximum Gasteiger partial charge on any atom is 0.316 e. The van der Waals surface area contributed by atoms with E-state index in [1.807, 2.05) is 55.5 Å². The average Bonchev–Trinajstić information content (AvgIpc) is 2.61. The zero-order valence-corrected chi connectivity index (χ0v) is 16.7. The van der Waals surface area contributed by atoms with E-state index >= 15 is 0 Å². The van der Waals surface area contributed by atoms with E-state index in [9.17, 15) is 14.7 Å². The molecule has 0 aliphatic rings. The van der Waals surface area contributed by atoms with Crippen LogP contribution in [-0.2, 0) is 9.59 Å². The summed E-state index contributed by atoms with van der Waals surface area (Å²) in [5, 5.41) is 10.8. The first-order valence-corrected chi connectivity index (χ1v) is 8.07. The summed E-state index contributed by atoms with van der Waals surface area (Å²) in [6, 6.07) is 18.2. The summed E-state index contributed by atoms with van der Waals surface area (Å²) in [6.07, 6.45) is 1.86. The number of nitrogens with zero attached hydrogens (tertiary/aromatic N) is 1. The molecule has 2 N–H and O–H groups in total. The van der Waals surface area contributed by atoms with Gasteiger partial charge < -0.3 is 5.11 Å². The van der Waals surface area contributed by atoms with Crippen LogP contribution in [0.3, 0.4) is 0 Å². The van der Waals surface area contributed by atoms with Crippen molar-refractivity contribution >= 4 is 52.8 Å². The van der Waals surface area contributed by atoms with E-state index in [0.29, 0.717) is 24.2 Å². The molecule has 0 saturated carbocycles. The van der Waals surface area contributed by atoms with Crippen LogP contribution in [0.25, 0.3) is 0 Å². The molecule has 0 aromatic heterocycles. The van der Waals surface area contributed by atoms with E-state index in [1.165, 1.54) is 5.01 Å². The normalized spacial score (nSPS) is 11.1. The van der Waals surface area contributed by atoms with Gasteiger partial charge in [0.05, 0.1) is 11.4 Å². The number of carboxylic acid groups (broad SMARTS) is 1. The first-order valence-electron chi connectivity index (χ1n) is 8.07. The third-order valence-corrected chi connectivity index (χ3v) is 3.69. The second-order valence-electron chi connectivity index (χ2n) is 5.52. The minimum Gasteiger partial charge on any atom is -0.481 e. The van der Waals surface area contributed by atoms with Crippen molar-refractivity contribution in [2.45, 2.75) is 26.2 Å². The maximum absolute atomic E-state index is 12.9. The van der Waals surface area contributed by atoms with Crippen LogP contribution in [0.15, 0.2) is 60.7 Å². The number of hydrogen-bond acceptors (Lipinski definition) is 3. The van der Waals surface area contributed by atoms with Gasteiger partial charge in [-0.25, -0.2) is 5.01 Å². The van der Waals surface area contributed by atoms with Gasteiger partial charge >= 0.3 is 5.97 Å². The predicted octanol–water partition coefficient (Wildman–Crippen LogP) is 3.56. The summed E-state index contributed by atoms with van der Waals surface area (Å²) >= 11 is 0. The van der Waals surface area contributed by atoms with Crippen LogP contribution in [0.1, 0.15) is 26.2 Å². The number of carboxylic acids is 1. The van der Waals surface area contributed by atoms with Crippen molar-refractivity contribution in [3.63, 3.8) is 0 Å². The molecule has 1 radical (unpaired) electrons. The van der Waals surface area contributed by atoms with Crippen LogP contribution in [0.2, 0.25) is 0 Å². The number of amides is 1. The van der Waals surface area contributed by atoms with Gasteiger partial charge in [-0.3, -0.25) is 15.0 Å². The minimum atomic E-state index is -1.09. The molecule has 6 heteroatoms. The van der Waals surface area contributed by atoms with Gasteiger partial charge in [0, 0.05) is 29.6 Å². The average molecular weight is 349 g/mol. The summed E-state index contributed by atoms with van der Waals surface area (Å²) in [6.45, 7) is 1.97. The Hall–Kier alpha value is -1.82. The third kappa shape index (κ3) is 6.20. The molecule has 127 valence electrons. The predicted molar refractivity (Wildman–Crippen MR) is 100 cm³/mol. The molecule has 0 aliphatic heterocycles. The summed E-state index contributed by atoms with van der Waals surface area (Å²) in [5.74, 6) is -2.63. The molecule has 0 bridgehead atoms. The van der Waals surface area contributed by atoms with Gasteiger partial charge in [0.2, 0.25) is 0 Å². The zero-order valence-electron chi connectivity index (χ0n) is 14.7. The summed E-state index contributed by atoms with van der Waals surface area (Å²) in [4.78, 5) is 24.4. The third-order valence-electron chi connectivity index (χ3n) is 3.69. The van der Waals surface area contributed by atoms with Crippen LogP contribution in [0.4, 0.5) is 11.4 Å². The molecule has 5 nitrogen and oxygen atoms in total. The Morgan fingerprint density at radius 2 is 1.60 bits per heavy atom. The Morgan fingerprint density at radius 1 is 1.04 bits per heavy atom. The van der Waals surface area contributed by atoms with Gasteiger partial charge in [-0.05, 0) is 30.7 Å². The summed E-state index contributed by atoms with van der Waals surface area (Å²) < 4.78 is 0. The van der Waals surface area contributed by atoms with Crippen molar-refractivity contribution in [2.75, 3.05) is 10.4 Å². The number of aliphatic carboxylic acids is 1. The minimum absolute atomic E-state index is 0. The molecule has 0 aliphatic carbocycles. The quantitative estimate of drug-likeness (QED) is 0.434. The maximum atomic E-state index is 12.9. The van der Waals surface area contributed by atoms with Crippen LogP contribution in [0, 0.1) is 5.92 Å². The molecule has 1 unspecified atom stereocenters. The molecule has 25 heavy (non-hydrogen) atoms. The molecular formula is C19H22N2NaO3. The Labute approximate surface area is 170 Å². The van der Waals surface area contributed by atoms with E-state index < -0.39 is 17.8 Å². The molecule has 2 aromatic carbocycles. The Kier molecular flexibility index (Phi) is 9.27. The number of carbonyl (C=O) groups is 2. The second kappa shape index (κ2) is 10.9. The molecule has 0 saturated heterocycles. The van der Waals surface area contributed by atoms with E-state index in [2.05, 4.69) is 5.43 Å². The van der Waals surface area contributed by atoms with Gasteiger partial charge in [-0.1, -0.05) is 56.2 Å². The van der Waals surface area contributed by atoms with Crippen molar-refractivity contribution < 1.29 is 14.7 Å². The number of carbonyl (C=O) groups excluding carboxylic acids is 1. The molecule has 2 aromatic rings. The largest absolute Gasteiger partial charge is 0.481 e. The summed E-state index contributed by atoms with van der Waals surface area (Å²) in [5.41, 5.74) is 4.35. The Bertz CT molecular complexity index is 665. The van der Waals surface area contributed by atoms with Crippen molar-refractivity contribution in [1.82, 2.24) is 0 Å². The summed E-state index contributed by atoms with van der Waals surface area (Å²) in [7, 11) is 0. The van der Waals surface area contributed by atoms with Crippen molar-refractivity contribution in [3.8, 4) is 0 Å². The van der Waals surface area contributed by atoms with Gasteiger partial charge in [0.15, 0.2) is 0 Å². The molecule has 1 atom stereocenters. The fourth-order valence-electron chi connectivity index (χ4n) is 2.38. The molecular weight excluding hydrogens is 327 g/mol. The van der Waals surface area contributed by atoms with Gasteiger partial charge in [0.1, 0.15) is 5.92 Å². The van der Waals surface area contributed by atoms with Crippen molar-refractivity contribution in [3.05, 3.63) is 60.7 Å². The van der Waals surface area contributed by atoms with Crippen LogP contribution in [-0.4, -0.2) is 46.5 Å². The van der Waals surface area contributed by atoms with Crippen molar-refractivity contribution in [1.29, 1.82) is 0 Å². The monoisotopic (exact) mass is 349 g/mol. The number of unbranched alkanes of at least 4 members (excludes halogenated alkanes) is 1. The van der Waals surface area contributed by atoms with Crippen molar-refractivity contribution in [2.24, 2.45) is 5.92 Å². The number of hydrazine groups is 1. The van der Waals surface area contributed by atoms with E-state index in [0.717, 1.165) is 6.42 Å². The molecule has 1 amide bonds. The number of rotatable bonds is 8. The number of para-hydroxylation sites is 2. The first-order chi connectivity index (χ1) is 11.6.